The largest absolute Gasteiger partial charge is 0.349 e. The van der Waals surface area contributed by atoms with Gasteiger partial charge in [-0.1, -0.05) is 0 Å². The second-order valence-corrected chi connectivity index (χ2v) is 6.36. The van der Waals surface area contributed by atoms with Gasteiger partial charge in [-0.3, -0.25) is 14.9 Å². The van der Waals surface area contributed by atoms with Crippen molar-refractivity contribution in [3.63, 3.8) is 0 Å². The number of urea groups is 1. The van der Waals surface area contributed by atoms with Crippen LogP contribution in [-0.2, 0) is 17.4 Å². The SMILES string of the molecule is Cn1ccnc1C1(CNC(=O)c2ccc(-n3cccn3)cc2)NC(=O)NC1=O. The Bertz CT molecular complexity index is 1040. The number of imidazole rings is 1. The molecule has 1 unspecified atom stereocenters. The predicted octanol–water partition coefficient (Wildman–Crippen LogP) is 0.0705. The molecule has 1 aromatic carbocycles. The zero-order chi connectivity index (χ0) is 19.7. The van der Waals surface area contributed by atoms with Crippen LogP contribution >= 0.6 is 0 Å². The Morgan fingerprint density at radius 3 is 2.54 bits per heavy atom. The molecule has 2 aromatic heterocycles. The van der Waals surface area contributed by atoms with Gasteiger partial charge in [-0.15, -0.1) is 0 Å². The minimum atomic E-state index is -1.47. The van der Waals surface area contributed by atoms with Gasteiger partial charge in [0.05, 0.1) is 12.2 Å². The maximum Gasteiger partial charge on any atom is 0.322 e. The van der Waals surface area contributed by atoms with Crippen molar-refractivity contribution >= 4 is 17.8 Å². The lowest BCUT2D eigenvalue weighted by atomic mass is 9.98. The van der Waals surface area contributed by atoms with Gasteiger partial charge in [0.2, 0.25) is 0 Å². The lowest BCUT2D eigenvalue weighted by molar-refractivity contribution is -0.124. The van der Waals surface area contributed by atoms with E-state index in [2.05, 4.69) is 26.0 Å². The van der Waals surface area contributed by atoms with Crippen molar-refractivity contribution in [3.8, 4) is 5.69 Å². The Labute approximate surface area is 159 Å². The number of hydrogen-bond acceptors (Lipinski definition) is 5. The quantitative estimate of drug-likeness (QED) is 0.542. The molecule has 1 fully saturated rings. The second kappa shape index (κ2) is 6.65. The van der Waals surface area contributed by atoms with Gasteiger partial charge in [0.1, 0.15) is 5.82 Å². The van der Waals surface area contributed by atoms with Crippen molar-refractivity contribution in [1.82, 2.24) is 35.3 Å². The highest BCUT2D eigenvalue weighted by atomic mass is 16.2. The van der Waals surface area contributed by atoms with Crippen LogP contribution in [0, 0.1) is 0 Å². The summed E-state index contributed by atoms with van der Waals surface area (Å²) in [5.41, 5.74) is -0.246. The first-order valence-electron chi connectivity index (χ1n) is 8.49. The summed E-state index contributed by atoms with van der Waals surface area (Å²) in [5.74, 6) is -0.624. The Morgan fingerprint density at radius 2 is 1.96 bits per heavy atom. The van der Waals surface area contributed by atoms with E-state index in [0.29, 0.717) is 11.4 Å². The summed E-state index contributed by atoms with van der Waals surface area (Å²) in [5, 5.41) is 11.6. The number of aryl methyl sites for hydroxylation is 1. The molecule has 1 saturated heterocycles. The minimum Gasteiger partial charge on any atom is -0.349 e. The number of nitrogens with one attached hydrogen (secondary N) is 3. The number of carbonyl (C=O) groups excluding carboxylic acids is 3. The molecule has 1 aliphatic rings. The van der Waals surface area contributed by atoms with Crippen LogP contribution in [0.1, 0.15) is 16.2 Å². The van der Waals surface area contributed by atoms with Crippen molar-refractivity contribution in [2.45, 2.75) is 5.54 Å². The zero-order valence-corrected chi connectivity index (χ0v) is 14.9. The fourth-order valence-corrected chi connectivity index (χ4v) is 3.13. The number of amides is 4. The lowest BCUT2D eigenvalue weighted by Gasteiger charge is -2.25. The summed E-state index contributed by atoms with van der Waals surface area (Å²) < 4.78 is 3.30. The van der Waals surface area contributed by atoms with Crippen LogP contribution in [0.3, 0.4) is 0 Å². The normalized spacial score (nSPS) is 18.6. The van der Waals surface area contributed by atoms with Crippen molar-refractivity contribution in [1.29, 1.82) is 0 Å². The van der Waals surface area contributed by atoms with E-state index in [1.807, 2.05) is 0 Å². The first-order chi connectivity index (χ1) is 13.5. The van der Waals surface area contributed by atoms with Crippen LogP contribution in [0.15, 0.2) is 55.1 Å². The molecule has 28 heavy (non-hydrogen) atoms. The van der Waals surface area contributed by atoms with Gasteiger partial charge in [0, 0.05) is 37.4 Å². The molecule has 4 rings (SSSR count). The molecule has 3 heterocycles. The van der Waals surface area contributed by atoms with E-state index < -0.39 is 17.5 Å². The Kier molecular flexibility index (Phi) is 4.15. The summed E-state index contributed by atoms with van der Waals surface area (Å²) in [6.45, 7) is -0.144. The molecular weight excluding hydrogens is 362 g/mol. The molecule has 4 amide bonds. The Balaban J connectivity index is 1.53. The van der Waals surface area contributed by atoms with Crippen LogP contribution in [0.5, 0.6) is 0 Å². The van der Waals surface area contributed by atoms with Gasteiger partial charge in [0.25, 0.3) is 11.8 Å². The van der Waals surface area contributed by atoms with Gasteiger partial charge < -0.3 is 15.2 Å². The second-order valence-electron chi connectivity index (χ2n) is 6.36. The molecule has 10 heteroatoms. The average Bonchev–Trinajstić information content (AvgIpc) is 3.41. The summed E-state index contributed by atoms with van der Waals surface area (Å²) in [7, 11) is 1.71. The summed E-state index contributed by atoms with van der Waals surface area (Å²) in [6.07, 6.45) is 6.64. The van der Waals surface area contributed by atoms with Gasteiger partial charge in [-0.2, -0.15) is 5.10 Å². The summed E-state index contributed by atoms with van der Waals surface area (Å²) >= 11 is 0. The molecule has 3 N–H and O–H groups in total. The molecule has 0 bridgehead atoms. The number of nitrogens with zero attached hydrogens (tertiary/aromatic N) is 4. The van der Waals surface area contributed by atoms with Crippen LogP contribution < -0.4 is 16.0 Å². The topological polar surface area (TPSA) is 123 Å². The van der Waals surface area contributed by atoms with E-state index >= 15 is 0 Å². The third-order valence-corrected chi connectivity index (χ3v) is 4.56. The van der Waals surface area contributed by atoms with Crippen LogP contribution in [0.2, 0.25) is 0 Å². The smallest absolute Gasteiger partial charge is 0.322 e. The highest BCUT2D eigenvalue weighted by Gasteiger charge is 2.50. The molecule has 0 aliphatic carbocycles. The molecular formula is C18H17N7O3. The molecule has 1 atom stereocenters. The monoisotopic (exact) mass is 379 g/mol. The third kappa shape index (κ3) is 2.90. The van der Waals surface area contributed by atoms with Crippen molar-refractivity contribution in [2.24, 2.45) is 7.05 Å². The highest BCUT2D eigenvalue weighted by molar-refractivity contribution is 6.07. The molecule has 142 valence electrons. The summed E-state index contributed by atoms with van der Waals surface area (Å²) in [4.78, 5) is 41.0. The van der Waals surface area contributed by atoms with Crippen molar-refractivity contribution in [3.05, 3.63) is 66.5 Å². The maximum atomic E-state index is 12.6. The fraction of sp³-hybridized carbons (Fsp3) is 0.167. The van der Waals surface area contributed by atoms with Gasteiger partial charge >= 0.3 is 6.03 Å². The Morgan fingerprint density at radius 1 is 1.18 bits per heavy atom. The van der Waals surface area contributed by atoms with Gasteiger partial charge in [-0.05, 0) is 30.3 Å². The van der Waals surface area contributed by atoms with Crippen LogP contribution in [-0.4, -0.2) is 43.7 Å². The molecule has 0 saturated carbocycles. The molecule has 0 radical (unpaired) electrons. The van der Waals surface area contributed by atoms with Crippen LogP contribution in [0.4, 0.5) is 4.79 Å². The van der Waals surface area contributed by atoms with E-state index in [1.165, 1.54) is 6.20 Å². The molecule has 10 nitrogen and oxygen atoms in total. The number of imide groups is 1. The Hall–Kier alpha value is -3.95. The first-order valence-corrected chi connectivity index (χ1v) is 8.49. The van der Waals surface area contributed by atoms with E-state index in [1.54, 1.807) is 65.2 Å². The standard InChI is InChI=1S/C18H17N7O3/c1-24-10-8-19-15(24)18(16(27)22-17(28)23-18)11-20-14(26)12-3-5-13(6-4-12)25-9-2-7-21-25/h2-10H,11H2,1H3,(H,20,26)(H2,22,23,27,28). The number of benzene rings is 1. The molecule has 3 aromatic rings. The number of carbonyl (C=O) groups is 3. The third-order valence-electron chi connectivity index (χ3n) is 4.56. The first kappa shape index (κ1) is 17.5. The van der Waals surface area contributed by atoms with Crippen LogP contribution in [0.25, 0.3) is 5.69 Å². The van der Waals surface area contributed by atoms with E-state index in [4.69, 9.17) is 0 Å². The maximum absolute atomic E-state index is 12.6. The number of rotatable bonds is 5. The zero-order valence-electron chi connectivity index (χ0n) is 14.9. The van der Waals surface area contributed by atoms with Crippen molar-refractivity contribution in [2.75, 3.05) is 6.54 Å². The molecule has 0 spiro atoms. The van der Waals surface area contributed by atoms with Gasteiger partial charge in [-0.25, -0.2) is 14.5 Å². The lowest BCUT2D eigenvalue weighted by Crippen LogP contribution is -2.54. The number of hydrogen-bond donors (Lipinski definition) is 3. The van der Waals surface area contributed by atoms with Crippen molar-refractivity contribution < 1.29 is 14.4 Å². The predicted molar refractivity (Wildman–Crippen MR) is 97.5 cm³/mol. The van der Waals surface area contributed by atoms with E-state index in [-0.39, 0.29) is 12.5 Å². The fourth-order valence-electron chi connectivity index (χ4n) is 3.13. The van der Waals surface area contributed by atoms with E-state index in [0.717, 1.165) is 5.69 Å². The number of aromatic nitrogens is 4. The molecule has 1 aliphatic heterocycles. The minimum absolute atomic E-state index is 0.144. The highest BCUT2D eigenvalue weighted by Crippen LogP contribution is 2.22. The van der Waals surface area contributed by atoms with E-state index in [9.17, 15) is 14.4 Å². The average molecular weight is 379 g/mol. The summed E-state index contributed by atoms with van der Waals surface area (Å²) in [6, 6.07) is 8.02. The van der Waals surface area contributed by atoms with Gasteiger partial charge in [0.15, 0.2) is 5.54 Å².